The molecule has 114 valence electrons. The minimum atomic E-state index is -1.00. The average molecular weight is 296 g/mol. The van der Waals surface area contributed by atoms with Crippen molar-refractivity contribution < 1.29 is 18.0 Å². The highest BCUT2D eigenvalue weighted by atomic mass is 19.2. The van der Waals surface area contributed by atoms with Crippen molar-refractivity contribution in [1.29, 1.82) is 0 Å². The van der Waals surface area contributed by atoms with E-state index in [0.717, 1.165) is 18.3 Å². The largest absolute Gasteiger partial charge is 0.482 e. The summed E-state index contributed by atoms with van der Waals surface area (Å²) in [4.78, 5) is 0. The fourth-order valence-corrected chi connectivity index (χ4v) is 1.74. The molecule has 6 heteroatoms. The quantitative estimate of drug-likeness (QED) is 0.852. The molecule has 0 bridgehead atoms. The maximum Gasteiger partial charge on any atom is 0.200 e. The van der Waals surface area contributed by atoms with E-state index in [1.165, 1.54) is 12.1 Å². The van der Waals surface area contributed by atoms with E-state index in [1.807, 2.05) is 0 Å². The van der Waals surface area contributed by atoms with Crippen LogP contribution in [-0.4, -0.2) is 11.7 Å². The molecule has 21 heavy (non-hydrogen) atoms. The van der Waals surface area contributed by atoms with E-state index in [0.29, 0.717) is 18.2 Å². The Hall–Kier alpha value is -1.95. The number of halogens is 2. The van der Waals surface area contributed by atoms with Crippen LogP contribution in [0.4, 0.5) is 8.78 Å². The van der Waals surface area contributed by atoms with Crippen LogP contribution in [0, 0.1) is 17.6 Å². The Morgan fingerprint density at radius 1 is 1.33 bits per heavy atom. The summed E-state index contributed by atoms with van der Waals surface area (Å²) in [5.74, 6) is -1.08. The molecule has 0 aliphatic rings. The first-order chi connectivity index (χ1) is 10.1. The lowest BCUT2D eigenvalue weighted by molar-refractivity contribution is 0.237. The number of benzene rings is 1. The molecule has 0 radical (unpaired) electrons. The normalized spacial score (nSPS) is 11.1. The van der Waals surface area contributed by atoms with Crippen LogP contribution in [0.25, 0.3) is 0 Å². The topological polar surface area (TPSA) is 47.3 Å². The molecule has 0 atom stereocenters. The second-order valence-electron chi connectivity index (χ2n) is 5.15. The number of nitrogens with one attached hydrogen (secondary N) is 1. The summed E-state index contributed by atoms with van der Waals surface area (Å²) in [5.41, 5.74) is 0.744. The molecule has 0 spiro atoms. The zero-order chi connectivity index (χ0) is 15.2. The third kappa shape index (κ3) is 4.53. The molecule has 1 aromatic carbocycles. The summed E-state index contributed by atoms with van der Waals surface area (Å²) >= 11 is 0. The standard InChI is InChI=1S/C15H18F2N2O2/c1-10(2)7-18-8-11-6-12(21-19-11)9-20-14-5-3-4-13(16)15(14)17/h3-6,10,18H,7-9H2,1-2H3. The predicted octanol–water partition coefficient (Wildman–Crippen LogP) is 3.28. The van der Waals surface area contributed by atoms with E-state index < -0.39 is 11.6 Å². The smallest absolute Gasteiger partial charge is 0.200 e. The van der Waals surface area contributed by atoms with E-state index in [-0.39, 0.29) is 12.4 Å². The van der Waals surface area contributed by atoms with Gasteiger partial charge in [0.15, 0.2) is 17.3 Å². The maximum atomic E-state index is 13.4. The van der Waals surface area contributed by atoms with E-state index in [1.54, 1.807) is 6.07 Å². The van der Waals surface area contributed by atoms with Crippen molar-refractivity contribution in [1.82, 2.24) is 10.5 Å². The average Bonchev–Trinajstić information content (AvgIpc) is 2.88. The van der Waals surface area contributed by atoms with Crippen molar-refractivity contribution in [2.75, 3.05) is 6.54 Å². The minimum Gasteiger partial charge on any atom is -0.482 e. The third-order valence-corrected chi connectivity index (χ3v) is 2.75. The number of rotatable bonds is 7. The number of aromatic nitrogens is 1. The number of hydrogen-bond donors (Lipinski definition) is 1. The minimum absolute atomic E-state index is 0.00243. The Balaban J connectivity index is 1.86. The second-order valence-corrected chi connectivity index (χ2v) is 5.15. The van der Waals surface area contributed by atoms with Gasteiger partial charge in [0.2, 0.25) is 5.82 Å². The highest BCUT2D eigenvalue weighted by Gasteiger charge is 2.10. The Bertz CT molecular complexity index is 585. The number of hydrogen-bond acceptors (Lipinski definition) is 4. The maximum absolute atomic E-state index is 13.4. The summed E-state index contributed by atoms with van der Waals surface area (Å²) in [6.45, 7) is 5.70. The first-order valence-electron chi connectivity index (χ1n) is 6.78. The lowest BCUT2D eigenvalue weighted by Crippen LogP contribution is -2.19. The molecule has 4 nitrogen and oxygen atoms in total. The molecule has 0 aliphatic carbocycles. The van der Waals surface area contributed by atoms with Gasteiger partial charge in [0.05, 0.1) is 5.69 Å². The van der Waals surface area contributed by atoms with Crippen LogP contribution >= 0.6 is 0 Å². The van der Waals surface area contributed by atoms with E-state index in [2.05, 4.69) is 24.3 Å². The molecule has 2 aromatic rings. The molecule has 0 saturated carbocycles. The Labute approximate surface area is 122 Å². The molecule has 1 heterocycles. The fourth-order valence-electron chi connectivity index (χ4n) is 1.74. The van der Waals surface area contributed by atoms with Crippen molar-refractivity contribution in [3.05, 3.63) is 47.4 Å². The van der Waals surface area contributed by atoms with E-state index >= 15 is 0 Å². The van der Waals surface area contributed by atoms with Crippen LogP contribution < -0.4 is 10.1 Å². The fraction of sp³-hybridized carbons (Fsp3) is 0.400. The summed E-state index contributed by atoms with van der Waals surface area (Å²) in [5, 5.41) is 7.11. The predicted molar refractivity (Wildman–Crippen MR) is 73.7 cm³/mol. The van der Waals surface area contributed by atoms with Crippen LogP contribution in [0.3, 0.4) is 0 Å². The van der Waals surface area contributed by atoms with Gasteiger partial charge in [-0.1, -0.05) is 25.1 Å². The van der Waals surface area contributed by atoms with Gasteiger partial charge in [0, 0.05) is 12.6 Å². The van der Waals surface area contributed by atoms with Gasteiger partial charge in [-0.2, -0.15) is 4.39 Å². The summed E-state index contributed by atoms with van der Waals surface area (Å²) in [6, 6.07) is 5.51. The third-order valence-electron chi connectivity index (χ3n) is 2.75. The molecule has 0 aliphatic heterocycles. The highest BCUT2D eigenvalue weighted by Crippen LogP contribution is 2.20. The van der Waals surface area contributed by atoms with Crippen molar-refractivity contribution in [2.45, 2.75) is 27.0 Å². The van der Waals surface area contributed by atoms with Gasteiger partial charge in [-0.15, -0.1) is 0 Å². The molecular weight excluding hydrogens is 278 g/mol. The van der Waals surface area contributed by atoms with Gasteiger partial charge < -0.3 is 14.6 Å². The molecule has 0 fully saturated rings. The SMILES string of the molecule is CC(C)CNCc1cc(COc2cccc(F)c2F)on1. The van der Waals surface area contributed by atoms with Crippen LogP contribution in [0.2, 0.25) is 0 Å². The molecule has 1 aromatic heterocycles. The van der Waals surface area contributed by atoms with Crippen molar-refractivity contribution in [3.63, 3.8) is 0 Å². The van der Waals surface area contributed by atoms with E-state index in [4.69, 9.17) is 9.26 Å². The monoisotopic (exact) mass is 296 g/mol. The van der Waals surface area contributed by atoms with Crippen LogP contribution in [0.1, 0.15) is 25.3 Å². The summed E-state index contributed by atoms with van der Waals surface area (Å²) < 4.78 is 36.7. The molecule has 1 N–H and O–H groups in total. The van der Waals surface area contributed by atoms with E-state index in [9.17, 15) is 8.78 Å². The Kier molecular flexibility index (Phi) is 5.27. The van der Waals surface area contributed by atoms with Gasteiger partial charge in [-0.25, -0.2) is 4.39 Å². The molecular formula is C15H18F2N2O2. The lowest BCUT2D eigenvalue weighted by atomic mass is 10.2. The number of ether oxygens (including phenoxy) is 1. The van der Waals surface area contributed by atoms with Crippen molar-refractivity contribution >= 4 is 0 Å². The zero-order valence-electron chi connectivity index (χ0n) is 12.0. The molecule has 2 rings (SSSR count). The van der Waals surface area contributed by atoms with Crippen molar-refractivity contribution in [2.24, 2.45) is 5.92 Å². The molecule has 0 saturated heterocycles. The van der Waals surface area contributed by atoms with Crippen LogP contribution in [0.15, 0.2) is 28.8 Å². The summed E-state index contributed by atoms with van der Waals surface area (Å²) in [6.07, 6.45) is 0. The zero-order valence-corrected chi connectivity index (χ0v) is 12.0. The highest BCUT2D eigenvalue weighted by molar-refractivity contribution is 5.25. The van der Waals surface area contributed by atoms with Crippen LogP contribution in [0.5, 0.6) is 5.75 Å². The van der Waals surface area contributed by atoms with Crippen LogP contribution in [-0.2, 0) is 13.2 Å². The Morgan fingerprint density at radius 2 is 2.14 bits per heavy atom. The lowest BCUT2D eigenvalue weighted by Gasteiger charge is -2.05. The van der Waals surface area contributed by atoms with Gasteiger partial charge in [-0.05, 0) is 24.6 Å². The van der Waals surface area contributed by atoms with Gasteiger partial charge in [-0.3, -0.25) is 0 Å². The van der Waals surface area contributed by atoms with Gasteiger partial charge in [0.1, 0.15) is 6.61 Å². The summed E-state index contributed by atoms with van der Waals surface area (Å²) in [7, 11) is 0. The van der Waals surface area contributed by atoms with Gasteiger partial charge >= 0.3 is 0 Å². The molecule has 0 amide bonds. The first-order valence-corrected chi connectivity index (χ1v) is 6.78. The Morgan fingerprint density at radius 3 is 2.90 bits per heavy atom. The van der Waals surface area contributed by atoms with Gasteiger partial charge in [0.25, 0.3) is 0 Å². The molecule has 0 unspecified atom stereocenters. The van der Waals surface area contributed by atoms with Crippen molar-refractivity contribution in [3.8, 4) is 5.75 Å². The number of nitrogens with zero attached hydrogens (tertiary/aromatic N) is 1. The second kappa shape index (κ2) is 7.17. The first kappa shape index (κ1) is 15.4.